The molecule has 1 atom stereocenters. The predicted octanol–water partition coefficient (Wildman–Crippen LogP) is 3.13. The van der Waals surface area contributed by atoms with Crippen LogP contribution in [0.25, 0.3) is 0 Å². The fourth-order valence-electron chi connectivity index (χ4n) is 2.41. The Morgan fingerprint density at radius 1 is 1.31 bits per heavy atom. The van der Waals surface area contributed by atoms with Crippen molar-refractivity contribution in [1.82, 2.24) is 4.90 Å². The smallest absolute Gasteiger partial charge is 0.307 e. The Bertz CT molecular complexity index is 644. The number of carbonyl (C=O) groups is 1. The molecule has 2 rings (SSSR count). The fraction of sp³-hybridized carbons (Fsp3) is 0.421. The first-order chi connectivity index (χ1) is 12.6. The number of nitrogens with zero attached hydrogens (tertiary/aromatic N) is 1. The molecular formula is C19H24ClNO5. The van der Waals surface area contributed by atoms with Gasteiger partial charge in [-0.15, -0.1) is 0 Å². The molecule has 1 N–H and O–H groups in total. The highest BCUT2D eigenvalue weighted by molar-refractivity contribution is 6.30. The summed E-state index contributed by atoms with van der Waals surface area (Å²) in [6, 6.07) is 10.6. The van der Waals surface area contributed by atoms with Crippen LogP contribution in [0, 0.1) is 0 Å². The van der Waals surface area contributed by atoms with Crippen LogP contribution in [-0.4, -0.2) is 48.4 Å². The Balaban J connectivity index is 1.84. The number of esters is 1. The maximum absolute atomic E-state index is 11.6. The minimum atomic E-state index is -0.720. The van der Waals surface area contributed by atoms with E-state index in [0.717, 1.165) is 5.76 Å². The van der Waals surface area contributed by atoms with Gasteiger partial charge in [-0.3, -0.25) is 9.69 Å². The number of aliphatic hydroxyl groups excluding tert-OH is 1. The van der Waals surface area contributed by atoms with Crippen LogP contribution in [0.1, 0.15) is 19.1 Å². The monoisotopic (exact) mass is 381 g/mol. The van der Waals surface area contributed by atoms with Crippen LogP contribution in [0.15, 0.2) is 47.1 Å². The van der Waals surface area contributed by atoms with Gasteiger partial charge in [-0.1, -0.05) is 11.6 Å². The third kappa shape index (κ3) is 7.47. The molecule has 0 spiro atoms. The van der Waals surface area contributed by atoms with Gasteiger partial charge >= 0.3 is 5.97 Å². The van der Waals surface area contributed by atoms with Gasteiger partial charge in [0.05, 0.1) is 25.8 Å². The third-order valence-corrected chi connectivity index (χ3v) is 3.87. The predicted molar refractivity (Wildman–Crippen MR) is 98.2 cm³/mol. The van der Waals surface area contributed by atoms with Gasteiger partial charge in [0.2, 0.25) is 0 Å². The minimum absolute atomic E-state index is 0.135. The lowest BCUT2D eigenvalue weighted by atomic mass is 10.2. The first-order valence-corrected chi connectivity index (χ1v) is 8.91. The Labute approximate surface area is 158 Å². The standard InChI is InChI=1S/C19H24ClNO5/c1-2-24-19(23)9-10-21(13-18-4-3-11-25-18)12-16(22)14-26-17-7-5-15(20)6-8-17/h3-8,11,16,22H,2,9-10,12-14H2,1H3. The van der Waals surface area contributed by atoms with E-state index >= 15 is 0 Å². The average Bonchev–Trinajstić information content (AvgIpc) is 3.12. The van der Waals surface area contributed by atoms with Crippen LogP contribution in [0.2, 0.25) is 5.02 Å². The Morgan fingerprint density at radius 2 is 2.08 bits per heavy atom. The zero-order valence-electron chi connectivity index (χ0n) is 14.8. The van der Waals surface area contributed by atoms with Crippen molar-refractivity contribution in [2.45, 2.75) is 26.0 Å². The summed E-state index contributed by atoms with van der Waals surface area (Å²) in [4.78, 5) is 13.5. The Kier molecular flexibility index (Phi) is 8.47. The van der Waals surface area contributed by atoms with Gasteiger partial charge in [0.1, 0.15) is 24.2 Å². The molecule has 1 unspecified atom stereocenters. The molecule has 0 radical (unpaired) electrons. The molecule has 1 heterocycles. The number of hydrogen-bond acceptors (Lipinski definition) is 6. The largest absolute Gasteiger partial charge is 0.491 e. The topological polar surface area (TPSA) is 72.1 Å². The lowest BCUT2D eigenvalue weighted by Gasteiger charge is -2.24. The van der Waals surface area contributed by atoms with E-state index in [0.29, 0.717) is 37.0 Å². The second-order valence-electron chi connectivity index (χ2n) is 5.79. The molecule has 0 fully saturated rings. The van der Waals surface area contributed by atoms with Crippen LogP contribution in [0.4, 0.5) is 0 Å². The van der Waals surface area contributed by atoms with Crippen molar-refractivity contribution in [3.8, 4) is 5.75 Å². The fourth-order valence-corrected chi connectivity index (χ4v) is 2.54. The highest BCUT2D eigenvalue weighted by Gasteiger charge is 2.16. The quantitative estimate of drug-likeness (QED) is 0.603. The highest BCUT2D eigenvalue weighted by Crippen LogP contribution is 2.16. The normalized spacial score (nSPS) is 12.2. The van der Waals surface area contributed by atoms with E-state index in [-0.39, 0.29) is 19.0 Å². The van der Waals surface area contributed by atoms with Crippen molar-refractivity contribution in [1.29, 1.82) is 0 Å². The molecule has 142 valence electrons. The van der Waals surface area contributed by atoms with Crippen molar-refractivity contribution in [3.05, 3.63) is 53.4 Å². The molecule has 2 aromatic rings. The van der Waals surface area contributed by atoms with E-state index in [1.54, 1.807) is 43.5 Å². The van der Waals surface area contributed by atoms with E-state index in [1.807, 2.05) is 11.0 Å². The Morgan fingerprint density at radius 3 is 2.73 bits per heavy atom. The van der Waals surface area contributed by atoms with Crippen LogP contribution < -0.4 is 4.74 Å². The van der Waals surface area contributed by atoms with Crippen molar-refractivity contribution < 1.29 is 23.8 Å². The summed E-state index contributed by atoms with van der Waals surface area (Å²) in [5.74, 6) is 1.14. The van der Waals surface area contributed by atoms with Gasteiger partial charge in [0.15, 0.2) is 0 Å². The zero-order valence-corrected chi connectivity index (χ0v) is 15.5. The molecule has 0 saturated carbocycles. The number of ether oxygens (including phenoxy) is 2. The lowest BCUT2D eigenvalue weighted by Crippen LogP contribution is -2.36. The summed E-state index contributed by atoms with van der Waals surface area (Å²) in [6.45, 7) is 3.55. The summed E-state index contributed by atoms with van der Waals surface area (Å²) in [5.41, 5.74) is 0. The average molecular weight is 382 g/mol. The highest BCUT2D eigenvalue weighted by atomic mass is 35.5. The van der Waals surface area contributed by atoms with Crippen LogP contribution in [-0.2, 0) is 16.1 Å². The molecule has 0 saturated heterocycles. The van der Waals surface area contributed by atoms with E-state index in [4.69, 9.17) is 25.5 Å². The third-order valence-electron chi connectivity index (χ3n) is 3.62. The van der Waals surface area contributed by atoms with Crippen LogP contribution >= 0.6 is 11.6 Å². The summed E-state index contributed by atoms with van der Waals surface area (Å²) < 4.78 is 15.9. The number of halogens is 1. The number of rotatable bonds is 11. The SMILES string of the molecule is CCOC(=O)CCN(Cc1ccco1)CC(O)COc1ccc(Cl)cc1. The van der Waals surface area contributed by atoms with Gasteiger partial charge in [-0.2, -0.15) is 0 Å². The minimum Gasteiger partial charge on any atom is -0.491 e. The second kappa shape index (κ2) is 10.9. The van der Waals surface area contributed by atoms with E-state index in [9.17, 15) is 9.90 Å². The first-order valence-electron chi connectivity index (χ1n) is 8.53. The molecule has 0 amide bonds. The molecule has 0 aliphatic rings. The van der Waals surface area contributed by atoms with Crippen LogP contribution in [0.5, 0.6) is 5.75 Å². The molecular weight excluding hydrogens is 358 g/mol. The van der Waals surface area contributed by atoms with Crippen molar-refractivity contribution >= 4 is 17.6 Å². The molecule has 7 heteroatoms. The van der Waals surface area contributed by atoms with E-state index in [2.05, 4.69) is 0 Å². The number of aliphatic hydroxyl groups is 1. The first kappa shape index (κ1) is 20.3. The number of hydrogen-bond donors (Lipinski definition) is 1. The Hall–Kier alpha value is -2.02. The van der Waals surface area contributed by atoms with E-state index in [1.165, 1.54) is 0 Å². The maximum Gasteiger partial charge on any atom is 0.307 e. The molecule has 26 heavy (non-hydrogen) atoms. The van der Waals surface area contributed by atoms with Crippen LogP contribution in [0.3, 0.4) is 0 Å². The molecule has 1 aromatic heterocycles. The number of benzene rings is 1. The zero-order chi connectivity index (χ0) is 18.8. The second-order valence-corrected chi connectivity index (χ2v) is 6.22. The number of carbonyl (C=O) groups excluding carboxylic acids is 1. The molecule has 6 nitrogen and oxygen atoms in total. The summed E-state index contributed by atoms with van der Waals surface area (Å²) in [5, 5.41) is 10.9. The van der Waals surface area contributed by atoms with E-state index < -0.39 is 6.10 Å². The van der Waals surface area contributed by atoms with Crippen molar-refractivity contribution in [2.75, 3.05) is 26.3 Å². The van der Waals surface area contributed by atoms with Gasteiger partial charge < -0.3 is 19.0 Å². The maximum atomic E-state index is 11.6. The summed E-state index contributed by atoms with van der Waals surface area (Å²) >= 11 is 5.84. The van der Waals surface area contributed by atoms with Gasteiger partial charge in [0, 0.05) is 18.1 Å². The summed E-state index contributed by atoms with van der Waals surface area (Å²) in [7, 11) is 0. The van der Waals surface area contributed by atoms with Gasteiger partial charge in [0.25, 0.3) is 0 Å². The van der Waals surface area contributed by atoms with Gasteiger partial charge in [-0.05, 0) is 43.3 Å². The molecule has 0 aliphatic carbocycles. The lowest BCUT2D eigenvalue weighted by molar-refractivity contribution is -0.143. The number of furan rings is 1. The molecule has 1 aromatic carbocycles. The van der Waals surface area contributed by atoms with Gasteiger partial charge in [-0.25, -0.2) is 0 Å². The summed E-state index contributed by atoms with van der Waals surface area (Å²) in [6.07, 6.45) is 1.13. The van der Waals surface area contributed by atoms with Crippen molar-refractivity contribution in [3.63, 3.8) is 0 Å². The molecule has 0 aliphatic heterocycles. The molecule has 0 bridgehead atoms. The van der Waals surface area contributed by atoms with Crippen molar-refractivity contribution in [2.24, 2.45) is 0 Å².